The normalized spacial score (nSPS) is 17.8. The summed E-state index contributed by atoms with van der Waals surface area (Å²) >= 11 is 0.264. The Kier molecular flexibility index (Phi) is 6.21. The Morgan fingerprint density at radius 1 is 1.34 bits per heavy atom. The predicted octanol–water partition coefficient (Wildman–Crippen LogP) is 2.64. The fourth-order valence-electron chi connectivity index (χ4n) is 3.99. The predicted molar refractivity (Wildman–Crippen MR) is 123 cm³/mol. The van der Waals surface area contributed by atoms with Crippen molar-refractivity contribution < 1.29 is 17.9 Å². The lowest BCUT2D eigenvalue weighted by atomic mass is 10.2. The lowest BCUT2D eigenvalue weighted by molar-refractivity contribution is -0.181. The monoisotopic (exact) mass is 586 g/mol. The summed E-state index contributed by atoms with van der Waals surface area (Å²) in [4.78, 5) is 33.9. The number of aromatic nitrogens is 2. The minimum Gasteiger partial charge on any atom is -0.383 e. The Bertz CT molecular complexity index is 1210. The minimum atomic E-state index is -4.69. The molecule has 0 atom stereocenters. The lowest BCUT2D eigenvalue weighted by Crippen LogP contribution is -2.51. The number of methoxy groups -OCH3 is 1. The summed E-state index contributed by atoms with van der Waals surface area (Å²) < 4.78 is 58.7. The topological polar surface area (TPSA) is 105 Å². The Hall–Kier alpha value is -1.81. The molecule has 32 heavy (non-hydrogen) atoms. The average molecular weight is 586 g/mol. The van der Waals surface area contributed by atoms with Crippen molar-refractivity contribution in [1.82, 2.24) is 17.6 Å². The van der Waals surface area contributed by atoms with Crippen LogP contribution >= 0.6 is 32.6 Å². The highest BCUT2D eigenvalue weighted by molar-refractivity contribution is 14.1. The van der Waals surface area contributed by atoms with Crippen LogP contribution in [-0.4, -0.2) is 53.0 Å². The van der Waals surface area contributed by atoms with Crippen LogP contribution in [0.3, 0.4) is 0 Å². The molecule has 0 unspecified atom stereocenters. The quantitative estimate of drug-likeness (QED) is 0.384. The number of ether oxygens (including phenoxy) is 1. The smallest absolute Gasteiger partial charge is 0.383 e. The number of rotatable bonds is 7. The molecule has 1 saturated carbocycles. The van der Waals surface area contributed by atoms with Gasteiger partial charge in [0.05, 0.1) is 31.6 Å². The first-order valence-electron chi connectivity index (χ1n) is 9.85. The summed E-state index contributed by atoms with van der Waals surface area (Å²) in [6.07, 6.45) is -5.26. The second kappa shape index (κ2) is 8.52. The molecule has 0 saturated heterocycles. The molecule has 4 rings (SSSR count). The average Bonchev–Trinajstić information content (AvgIpc) is 3.32. The van der Waals surface area contributed by atoms with Crippen molar-refractivity contribution in [3.8, 4) is 0 Å². The van der Waals surface area contributed by atoms with Gasteiger partial charge in [-0.25, -0.2) is 9.36 Å². The molecule has 9 nitrogen and oxygen atoms in total. The fourth-order valence-corrected chi connectivity index (χ4v) is 6.08. The highest BCUT2D eigenvalue weighted by Gasteiger charge is 2.66. The molecule has 2 aromatic heterocycles. The van der Waals surface area contributed by atoms with Crippen molar-refractivity contribution in [2.24, 2.45) is 4.99 Å². The van der Waals surface area contributed by atoms with Crippen LogP contribution in [0.5, 0.6) is 0 Å². The summed E-state index contributed by atoms with van der Waals surface area (Å²) in [6.45, 7) is 3.48. The van der Waals surface area contributed by atoms with E-state index in [4.69, 9.17) is 8.30 Å². The van der Waals surface area contributed by atoms with Crippen molar-refractivity contribution >= 4 is 48.8 Å². The molecular weight excluding hydrogens is 564 g/mol. The van der Waals surface area contributed by atoms with Gasteiger partial charge in [0.15, 0.2) is 0 Å². The number of hydrogen-bond donors (Lipinski definition) is 2. The second-order valence-electron chi connectivity index (χ2n) is 7.74. The summed E-state index contributed by atoms with van der Waals surface area (Å²) in [5.74, 6) is 0.618. The molecule has 176 valence electrons. The first-order chi connectivity index (χ1) is 15.2. The molecule has 14 heteroatoms. The molecule has 2 N–H and O–H groups in total. The number of alkyl halides is 3. The number of halogens is 4. The number of thiophene rings is 1. The molecule has 2 aliphatic rings. The van der Waals surface area contributed by atoms with Crippen molar-refractivity contribution in [3.05, 3.63) is 31.3 Å². The van der Waals surface area contributed by atoms with Crippen LogP contribution < -0.4 is 14.8 Å². The third kappa shape index (κ3) is 3.69. The standard InChI is InChI=1S/C18H22F3IN6O3S/c1-10-11(9-26-6-5-24-15(26)25-22-23)32-14-12(10)13(29)28(16(30)27(14)7-8-31-2)17(3-4-17)18(19,20)21/h3-9H2,1-2H3,(H2,23,24,25). The van der Waals surface area contributed by atoms with Crippen LogP contribution in [0.25, 0.3) is 10.2 Å². The molecule has 0 radical (unpaired) electrons. The molecule has 0 bridgehead atoms. The maximum absolute atomic E-state index is 13.8. The highest BCUT2D eigenvalue weighted by Crippen LogP contribution is 2.54. The fraction of sp³-hybridized carbons (Fsp3) is 0.611. The van der Waals surface area contributed by atoms with Crippen molar-refractivity contribution in [2.75, 3.05) is 26.8 Å². The van der Waals surface area contributed by atoms with Gasteiger partial charge in [0.1, 0.15) is 31.7 Å². The molecule has 1 aliphatic carbocycles. The molecular formula is C18H22F3IN6O3S. The molecule has 3 heterocycles. The van der Waals surface area contributed by atoms with E-state index in [2.05, 4.69) is 8.52 Å². The van der Waals surface area contributed by atoms with E-state index in [0.29, 0.717) is 40.6 Å². The Morgan fingerprint density at radius 3 is 2.66 bits per heavy atom. The van der Waals surface area contributed by atoms with Crippen molar-refractivity contribution in [1.29, 1.82) is 3.56 Å². The van der Waals surface area contributed by atoms with Gasteiger partial charge in [-0.2, -0.15) is 13.2 Å². The zero-order valence-electron chi connectivity index (χ0n) is 17.4. The van der Waals surface area contributed by atoms with Gasteiger partial charge in [0, 0.05) is 18.5 Å². The molecule has 0 aromatic carbocycles. The Labute approximate surface area is 195 Å². The summed E-state index contributed by atoms with van der Waals surface area (Å²) in [5.41, 5.74) is -3.71. The van der Waals surface area contributed by atoms with Gasteiger partial charge in [-0.3, -0.25) is 21.4 Å². The van der Waals surface area contributed by atoms with Gasteiger partial charge < -0.3 is 9.64 Å². The van der Waals surface area contributed by atoms with E-state index in [1.807, 2.05) is 4.90 Å². The first kappa shape index (κ1) is 23.4. The highest BCUT2D eigenvalue weighted by atomic mass is 127. The number of nitrogens with zero attached hydrogens (tertiary/aromatic N) is 4. The molecule has 2 aromatic rings. The molecule has 0 amide bonds. The number of fused-ring (bicyclic) bond motifs is 1. The summed E-state index contributed by atoms with van der Waals surface area (Å²) in [5, 5.41) is 0.148. The summed E-state index contributed by atoms with van der Waals surface area (Å²) in [7, 11) is 1.44. The van der Waals surface area contributed by atoms with Crippen LogP contribution in [0.15, 0.2) is 14.6 Å². The number of hydrogen-bond acceptors (Lipinski definition) is 7. The second-order valence-corrected chi connectivity index (χ2v) is 9.91. The lowest BCUT2D eigenvalue weighted by Gasteiger charge is -2.22. The van der Waals surface area contributed by atoms with E-state index in [0.717, 1.165) is 4.88 Å². The van der Waals surface area contributed by atoms with Gasteiger partial charge in [-0.1, -0.05) is 0 Å². The van der Waals surface area contributed by atoms with Crippen LogP contribution in [0.1, 0.15) is 23.3 Å². The number of guanidine groups is 1. The maximum atomic E-state index is 13.8. The van der Waals surface area contributed by atoms with Gasteiger partial charge in [-0.05, 0) is 25.3 Å². The van der Waals surface area contributed by atoms with E-state index in [-0.39, 0.29) is 31.4 Å². The molecule has 1 aliphatic heterocycles. The maximum Gasteiger partial charge on any atom is 0.412 e. The Balaban J connectivity index is 1.89. The minimum absolute atomic E-state index is 0.0424. The van der Waals surface area contributed by atoms with Crippen LogP contribution in [0.2, 0.25) is 0 Å². The van der Waals surface area contributed by atoms with Gasteiger partial charge in [-0.15, -0.1) is 11.3 Å². The van der Waals surface area contributed by atoms with Crippen molar-refractivity contribution in [3.63, 3.8) is 0 Å². The van der Waals surface area contributed by atoms with E-state index >= 15 is 0 Å². The van der Waals surface area contributed by atoms with Crippen molar-refractivity contribution in [2.45, 2.75) is 44.6 Å². The zero-order chi connectivity index (χ0) is 23.3. The van der Waals surface area contributed by atoms with Gasteiger partial charge >= 0.3 is 11.9 Å². The first-order valence-corrected chi connectivity index (χ1v) is 12.8. The third-order valence-electron chi connectivity index (χ3n) is 5.91. The van der Waals surface area contributed by atoms with Crippen LogP contribution in [0, 0.1) is 10.5 Å². The number of nitrogens with one attached hydrogen (secondary N) is 2. The van der Waals surface area contributed by atoms with Gasteiger partial charge in [0.2, 0.25) is 5.96 Å². The summed E-state index contributed by atoms with van der Waals surface area (Å²) in [6, 6.07) is 0. The largest absolute Gasteiger partial charge is 0.412 e. The Morgan fingerprint density at radius 2 is 2.06 bits per heavy atom. The molecule has 1 fully saturated rings. The van der Waals surface area contributed by atoms with Gasteiger partial charge in [0.25, 0.3) is 5.56 Å². The van der Waals surface area contributed by atoms with E-state index in [1.165, 1.54) is 23.0 Å². The van der Waals surface area contributed by atoms with E-state index < -0.39 is 44.3 Å². The SMILES string of the molecule is COCCn1c(=O)n(C2(C(F)(F)F)CC2)c(=O)c2c(C)c(CN3CCN=C3NI=N)sc21. The number of aryl methyl sites for hydroxylation is 1. The number of aliphatic imine (C=N–C) groups is 1. The molecule has 0 spiro atoms. The van der Waals surface area contributed by atoms with E-state index in [9.17, 15) is 22.8 Å². The third-order valence-corrected chi connectivity index (χ3v) is 7.96. The van der Waals surface area contributed by atoms with Crippen LogP contribution in [-0.2, 0) is 23.4 Å². The van der Waals surface area contributed by atoms with E-state index in [1.54, 1.807) is 6.92 Å². The van der Waals surface area contributed by atoms with Crippen LogP contribution in [0.4, 0.5) is 13.2 Å². The zero-order valence-corrected chi connectivity index (χ0v) is 20.4.